The number of carbonyl (C=O) groups is 1. The maximum absolute atomic E-state index is 12.2. The normalized spacial score (nSPS) is 12.4. The highest BCUT2D eigenvalue weighted by Crippen LogP contribution is 2.29. The Kier molecular flexibility index (Phi) is 5.69. The van der Waals surface area contributed by atoms with E-state index in [1.54, 1.807) is 0 Å². The Morgan fingerprint density at radius 2 is 1.85 bits per heavy atom. The van der Waals surface area contributed by atoms with Gasteiger partial charge in [0.2, 0.25) is 0 Å². The predicted molar refractivity (Wildman–Crippen MR) is 80.5 cm³/mol. The number of hydrogen-bond acceptors (Lipinski definition) is 4. The summed E-state index contributed by atoms with van der Waals surface area (Å²) in [4.78, 5) is 11.9. The Morgan fingerprint density at radius 1 is 1.35 bits per heavy atom. The van der Waals surface area contributed by atoms with Crippen molar-refractivity contribution in [3.05, 3.63) is 16.5 Å². The van der Waals surface area contributed by atoms with E-state index in [2.05, 4.69) is 21.2 Å². The van der Waals surface area contributed by atoms with E-state index in [0.717, 1.165) is 25.3 Å². The zero-order valence-corrected chi connectivity index (χ0v) is 14.7. The van der Waals surface area contributed by atoms with Gasteiger partial charge in [0.1, 0.15) is 4.90 Å². The van der Waals surface area contributed by atoms with Crippen LogP contribution in [0.4, 0.5) is 0 Å². The van der Waals surface area contributed by atoms with Crippen molar-refractivity contribution in [1.29, 1.82) is 0 Å². The molecule has 0 atom stereocenters. The average molecular weight is 387 g/mol. The van der Waals surface area contributed by atoms with Gasteiger partial charge in [-0.3, -0.25) is 4.79 Å². The first-order valence-electron chi connectivity index (χ1n) is 6.25. The summed E-state index contributed by atoms with van der Waals surface area (Å²) in [5.41, 5.74) is -0.323. The molecule has 0 fully saturated rings. The molecule has 0 saturated carbocycles. The molecule has 0 spiro atoms. The minimum atomic E-state index is -3.95. The Hall–Kier alpha value is -0.530. The Morgan fingerprint density at radius 3 is 2.20 bits per heavy atom. The number of hydrogen-bond donors (Lipinski definition) is 1. The maximum Gasteiger partial charge on any atom is 0.287 e. The van der Waals surface area contributed by atoms with Gasteiger partial charge in [-0.1, -0.05) is 20.8 Å². The van der Waals surface area contributed by atoms with Crippen LogP contribution in [0, 0.1) is 0 Å². The first-order chi connectivity index (χ1) is 9.19. The SMILES string of the molecule is CCC(CC)(CC)NC(=O)c1cc(S(=O)(=O)Cl)c(Br)o1. The molecule has 0 radical (unpaired) electrons. The smallest absolute Gasteiger partial charge is 0.287 e. The number of halogens is 2. The van der Waals surface area contributed by atoms with Gasteiger partial charge >= 0.3 is 0 Å². The zero-order valence-electron chi connectivity index (χ0n) is 11.5. The van der Waals surface area contributed by atoms with Crippen molar-refractivity contribution < 1.29 is 17.6 Å². The summed E-state index contributed by atoms with van der Waals surface area (Å²) in [6.07, 6.45) is 2.32. The topological polar surface area (TPSA) is 76.4 Å². The maximum atomic E-state index is 12.2. The van der Waals surface area contributed by atoms with Crippen LogP contribution in [0.2, 0.25) is 0 Å². The lowest BCUT2D eigenvalue weighted by Gasteiger charge is -2.31. The van der Waals surface area contributed by atoms with E-state index in [1.807, 2.05) is 20.8 Å². The minimum absolute atomic E-state index is 0.0762. The molecule has 0 aromatic carbocycles. The monoisotopic (exact) mass is 385 g/mol. The van der Waals surface area contributed by atoms with Crippen LogP contribution < -0.4 is 5.32 Å². The molecular weight excluding hydrogens is 370 g/mol. The van der Waals surface area contributed by atoms with E-state index >= 15 is 0 Å². The van der Waals surface area contributed by atoms with Gasteiger partial charge < -0.3 is 9.73 Å². The van der Waals surface area contributed by atoms with Crippen LogP contribution in [0.1, 0.15) is 50.6 Å². The molecule has 0 aliphatic heterocycles. The van der Waals surface area contributed by atoms with Gasteiger partial charge in [-0.15, -0.1) is 0 Å². The highest BCUT2D eigenvalue weighted by molar-refractivity contribution is 9.10. The second kappa shape index (κ2) is 6.49. The molecule has 1 amide bonds. The lowest BCUT2D eigenvalue weighted by molar-refractivity contribution is 0.0858. The van der Waals surface area contributed by atoms with Crippen LogP contribution >= 0.6 is 26.6 Å². The Labute approximate surface area is 131 Å². The van der Waals surface area contributed by atoms with Crippen LogP contribution in [0.25, 0.3) is 0 Å². The van der Waals surface area contributed by atoms with Gasteiger partial charge in [0, 0.05) is 22.3 Å². The van der Waals surface area contributed by atoms with E-state index in [4.69, 9.17) is 15.1 Å². The van der Waals surface area contributed by atoms with Crippen molar-refractivity contribution in [2.24, 2.45) is 0 Å². The third-order valence-electron chi connectivity index (χ3n) is 3.55. The predicted octanol–water partition coefficient (Wildman–Crippen LogP) is 3.67. The fourth-order valence-electron chi connectivity index (χ4n) is 1.95. The molecule has 1 aromatic rings. The van der Waals surface area contributed by atoms with E-state index < -0.39 is 15.0 Å². The van der Waals surface area contributed by atoms with Gasteiger partial charge in [0.15, 0.2) is 10.4 Å². The third-order valence-corrected chi connectivity index (χ3v) is 5.73. The van der Waals surface area contributed by atoms with Gasteiger partial charge in [-0.05, 0) is 35.2 Å². The summed E-state index contributed by atoms with van der Waals surface area (Å²) in [5.74, 6) is -0.543. The highest BCUT2D eigenvalue weighted by Gasteiger charge is 2.29. The summed E-state index contributed by atoms with van der Waals surface area (Å²) in [5, 5.41) is 2.90. The Bertz CT molecular complexity index is 584. The van der Waals surface area contributed by atoms with E-state index in [1.165, 1.54) is 0 Å². The lowest BCUT2D eigenvalue weighted by atomic mass is 9.90. The zero-order chi connectivity index (χ0) is 15.6. The number of carbonyl (C=O) groups excluding carboxylic acids is 1. The highest BCUT2D eigenvalue weighted by atomic mass is 79.9. The van der Waals surface area contributed by atoms with Crippen molar-refractivity contribution in [3.63, 3.8) is 0 Å². The van der Waals surface area contributed by atoms with Gasteiger partial charge in [-0.2, -0.15) is 0 Å². The minimum Gasteiger partial charge on any atom is -0.443 e. The molecule has 0 unspecified atom stereocenters. The van der Waals surface area contributed by atoms with Crippen LogP contribution in [0.5, 0.6) is 0 Å². The average Bonchev–Trinajstić information content (AvgIpc) is 2.78. The van der Waals surface area contributed by atoms with Gasteiger partial charge in [-0.25, -0.2) is 8.42 Å². The van der Waals surface area contributed by atoms with Crippen molar-refractivity contribution in [1.82, 2.24) is 5.32 Å². The molecule has 0 aliphatic rings. The molecule has 5 nitrogen and oxygen atoms in total. The number of amides is 1. The van der Waals surface area contributed by atoms with Crippen molar-refractivity contribution in [3.8, 4) is 0 Å². The fourth-order valence-corrected chi connectivity index (χ4v) is 3.98. The van der Waals surface area contributed by atoms with Gasteiger partial charge in [0.05, 0.1) is 0 Å². The summed E-state index contributed by atoms with van der Waals surface area (Å²) >= 11 is 2.94. The number of rotatable bonds is 6. The molecule has 0 saturated heterocycles. The molecule has 8 heteroatoms. The van der Waals surface area contributed by atoms with Crippen molar-refractivity contribution >= 4 is 41.6 Å². The second-order valence-corrected chi connectivity index (χ2v) is 7.74. The lowest BCUT2D eigenvalue weighted by Crippen LogP contribution is -2.47. The largest absolute Gasteiger partial charge is 0.443 e. The molecule has 114 valence electrons. The molecule has 1 rings (SSSR count). The molecular formula is C12H17BrClNO4S. The third kappa shape index (κ3) is 3.77. The summed E-state index contributed by atoms with van der Waals surface area (Å²) in [6.45, 7) is 5.96. The first-order valence-corrected chi connectivity index (χ1v) is 9.35. The summed E-state index contributed by atoms with van der Waals surface area (Å²) < 4.78 is 27.6. The van der Waals surface area contributed by atoms with Crippen LogP contribution in [-0.2, 0) is 9.05 Å². The number of furan rings is 1. The standard InChI is InChI=1S/C12H17BrClNO4S/c1-4-12(5-2,6-3)15-11(16)8-7-9(10(13)19-8)20(14,17)18/h7H,4-6H2,1-3H3,(H,15,16). The molecule has 1 aromatic heterocycles. The van der Waals surface area contributed by atoms with E-state index in [9.17, 15) is 13.2 Å². The molecule has 20 heavy (non-hydrogen) atoms. The quantitative estimate of drug-likeness (QED) is 0.757. The molecule has 0 bridgehead atoms. The number of nitrogens with one attached hydrogen (secondary N) is 1. The van der Waals surface area contributed by atoms with Crippen LogP contribution in [-0.4, -0.2) is 19.9 Å². The van der Waals surface area contributed by atoms with Gasteiger partial charge in [0.25, 0.3) is 15.0 Å². The molecule has 0 aliphatic carbocycles. The molecule has 1 N–H and O–H groups in total. The van der Waals surface area contributed by atoms with E-state index in [-0.39, 0.29) is 20.9 Å². The first kappa shape index (κ1) is 17.5. The summed E-state index contributed by atoms with van der Waals surface area (Å²) in [6, 6.07) is 1.12. The van der Waals surface area contributed by atoms with E-state index in [0.29, 0.717) is 0 Å². The second-order valence-electron chi connectivity index (χ2n) is 4.48. The Balaban J connectivity index is 3.06. The fraction of sp³-hybridized carbons (Fsp3) is 0.583. The van der Waals surface area contributed by atoms with Crippen molar-refractivity contribution in [2.75, 3.05) is 0 Å². The van der Waals surface area contributed by atoms with Crippen LogP contribution in [0.15, 0.2) is 20.0 Å². The summed E-state index contributed by atoms with van der Waals surface area (Å²) in [7, 11) is 1.29. The molecule has 1 heterocycles. The van der Waals surface area contributed by atoms with Crippen LogP contribution in [0.3, 0.4) is 0 Å². The van der Waals surface area contributed by atoms with Crippen molar-refractivity contribution in [2.45, 2.75) is 50.5 Å².